The first-order valence-electron chi connectivity index (χ1n) is 7.57. The second-order valence-electron chi connectivity index (χ2n) is 6.01. The first-order chi connectivity index (χ1) is 10.6. The van der Waals surface area contributed by atoms with Crippen molar-refractivity contribution in [2.75, 3.05) is 44.3 Å². The van der Waals surface area contributed by atoms with Crippen LogP contribution in [0.25, 0.3) is 0 Å². The molecule has 0 heterocycles. The van der Waals surface area contributed by atoms with E-state index >= 15 is 0 Å². The quantitative estimate of drug-likeness (QED) is 0.770. The Balaban J connectivity index is 2.73. The standard InChI is InChI=1S/C16H27N3O3S/c1-13-6-7-15(12-14(13)2)19(23(5,21)22)10-8-16(20)17-9-11-18(3)4/h6-7,12H,8-11H2,1-5H3,(H,17,20). The van der Waals surface area contributed by atoms with E-state index in [1.54, 1.807) is 6.07 Å². The molecule has 0 unspecified atom stereocenters. The number of anilines is 1. The number of nitrogens with one attached hydrogen (secondary N) is 1. The molecule has 1 N–H and O–H groups in total. The highest BCUT2D eigenvalue weighted by Gasteiger charge is 2.19. The Morgan fingerprint density at radius 2 is 1.78 bits per heavy atom. The molecule has 130 valence electrons. The summed E-state index contributed by atoms with van der Waals surface area (Å²) in [5.41, 5.74) is 2.71. The summed E-state index contributed by atoms with van der Waals surface area (Å²) < 4.78 is 25.3. The van der Waals surface area contributed by atoms with Gasteiger partial charge in [-0.25, -0.2) is 8.42 Å². The number of carbonyl (C=O) groups excluding carboxylic acids is 1. The van der Waals surface area contributed by atoms with E-state index in [1.165, 1.54) is 4.31 Å². The van der Waals surface area contributed by atoms with Crippen LogP contribution in [-0.4, -0.2) is 59.2 Å². The van der Waals surface area contributed by atoms with Gasteiger partial charge in [0.05, 0.1) is 11.9 Å². The highest BCUT2D eigenvalue weighted by atomic mass is 32.2. The van der Waals surface area contributed by atoms with Crippen LogP contribution in [0, 0.1) is 13.8 Å². The predicted molar refractivity (Wildman–Crippen MR) is 94.3 cm³/mol. The second kappa shape index (κ2) is 8.31. The Bertz CT molecular complexity index is 642. The fourth-order valence-corrected chi connectivity index (χ4v) is 3.00. The number of hydrogen-bond donors (Lipinski definition) is 1. The molecule has 0 aliphatic rings. The van der Waals surface area contributed by atoms with Crippen LogP contribution >= 0.6 is 0 Å². The van der Waals surface area contributed by atoms with Crippen LogP contribution in [0.1, 0.15) is 17.5 Å². The number of likely N-dealkylation sites (N-methyl/N-ethyl adjacent to an activating group) is 1. The molecule has 1 aromatic carbocycles. The maximum atomic E-state index is 12.0. The molecule has 0 aliphatic carbocycles. The van der Waals surface area contributed by atoms with Gasteiger partial charge in [0.25, 0.3) is 0 Å². The minimum Gasteiger partial charge on any atom is -0.355 e. The van der Waals surface area contributed by atoms with Crippen molar-refractivity contribution in [3.63, 3.8) is 0 Å². The summed E-state index contributed by atoms with van der Waals surface area (Å²) in [5, 5.41) is 2.79. The van der Waals surface area contributed by atoms with Crippen molar-refractivity contribution in [2.24, 2.45) is 0 Å². The van der Waals surface area contributed by atoms with Crippen molar-refractivity contribution in [3.05, 3.63) is 29.3 Å². The van der Waals surface area contributed by atoms with Crippen molar-refractivity contribution in [2.45, 2.75) is 20.3 Å². The molecule has 23 heavy (non-hydrogen) atoms. The van der Waals surface area contributed by atoms with E-state index in [0.717, 1.165) is 23.9 Å². The van der Waals surface area contributed by atoms with Crippen molar-refractivity contribution >= 4 is 21.6 Å². The van der Waals surface area contributed by atoms with Crippen LogP contribution in [0.3, 0.4) is 0 Å². The lowest BCUT2D eigenvalue weighted by molar-refractivity contribution is -0.120. The van der Waals surface area contributed by atoms with E-state index in [1.807, 2.05) is 45.0 Å². The number of benzene rings is 1. The monoisotopic (exact) mass is 341 g/mol. The maximum absolute atomic E-state index is 12.0. The molecular formula is C16H27N3O3S. The third-order valence-corrected chi connectivity index (χ3v) is 4.80. The fourth-order valence-electron chi connectivity index (χ4n) is 2.08. The summed E-state index contributed by atoms with van der Waals surface area (Å²) in [6, 6.07) is 5.49. The molecule has 6 nitrogen and oxygen atoms in total. The summed E-state index contributed by atoms with van der Waals surface area (Å²) >= 11 is 0. The predicted octanol–water partition coefficient (Wildman–Crippen LogP) is 1.14. The fraction of sp³-hybridized carbons (Fsp3) is 0.562. The van der Waals surface area contributed by atoms with Gasteiger partial charge in [-0.1, -0.05) is 6.07 Å². The van der Waals surface area contributed by atoms with Crippen molar-refractivity contribution < 1.29 is 13.2 Å². The van der Waals surface area contributed by atoms with Crippen LogP contribution in [0.15, 0.2) is 18.2 Å². The Morgan fingerprint density at radius 1 is 1.13 bits per heavy atom. The van der Waals surface area contributed by atoms with Gasteiger partial charge in [0, 0.05) is 26.1 Å². The summed E-state index contributed by atoms with van der Waals surface area (Å²) in [4.78, 5) is 13.8. The average molecular weight is 341 g/mol. The zero-order chi connectivity index (χ0) is 17.6. The number of sulfonamides is 1. The van der Waals surface area contributed by atoms with Crippen LogP contribution in [0.4, 0.5) is 5.69 Å². The Kier molecular flexibility index (Phi) is 7.02. The smallest absolute Gasteiger partial charge is 0.232 e. The number of aryl methyl sites for hydroxylation is 2. The largest absolute Gasteiger partial charge is 0.355 e. The Morgan fingerprint density at radius 3 is 2.30 bits per heavy atom. The van der Waals surface area contributed by atoms with E-state index in [2.05, 4.69) is 5.32 Å². The molecule has 0 saturated carbocycles. The van der Waals surface area contributed by atoms with Crippen molar-refractivity contribution in [1.29, 1.82) is 0 Å². The van der Waals surface area contributed by atoms with E-state index < -0.39 is 10.0 Å². The van der Waals surface area contributed by atoms with Crippen LogP contribution < -0.4 is 9.62 Å². The Hall–Kier alpha value is -1.60. The molecule has 0 bridgehead atoms. The molecule has 0 radical (unpaired) electrons. The lowest BCUT2D eigenvalue weighted by Crippen LogP contribution is -2.36. The molecule has 0 aliphatic heterocycles. The minimum absolute atomic E-state index is 0.132. The van der Waals surface area contributed by atoms with Gasteiger partial charge in [-0.05, 0) is 51.2 Å². The number of hydrogen-bond acceptors (Lipinski definition) is 4. The van der Waals surface area contributed by atoms with Crippen LogP contribution in [0.5, 0.6) is 0 Å². The van der Waals surface area contributed by atoms with Gasteiger partial charge >= 0.3 is 0 Å². The zero-order valence-corrected chi connectivity index (χ0v) is 15.4. The normalized spacial score (nSPS) is 11.6. The van der Waals surface area contributed by atoms with Gasteiger partial charge in [0.2, 0.25) is 15.9 Å². The van der Waals surface area contributed by atoms with Gasteiger partial charge in [-0.15, -0.1) is 0 Å². The highest BCUT2D eigenvalue weighted by molar-refractivity contribution is 7.92. The third-order valence-electron chi connectivity index (χ3n) is 3.60. The SMILES string of the molecule is Cc1ccc(N(CCC(=O)NCCN(C)C)S(C)(=O)=O)cc1C. The summed E-state index contributed by atoms with van der Waals surface area (Å²) in [6.45, 7) is 5.34. The molecule has 0 spiro atoms. The molecular weight excluding hydrogens is 314 g/mol. The topological polar surface area (TPSA) is 69.7 Å². The molecule has 7 heteroatoms. The van der Waals surface area contributed by atoms with E-state index in [4.69, 9.17) is 0 Å². The van der Waals surface area contributed by atoms with Gasteiger partial charge in [0.15, 0.2) is 0 Å². The van der Waals surface area contributed by atoms with Crippen molar-refractivity contribution in [3.8, 4) is 0 Å². The third kappa shape index (κ3) is 6.58. The van der Waals surface area contributed by atoms with Gasteiger partial charge < -0.3 is 10.2 Å². The zero-order valence-electron chi connectivity index (χ0n) is 14.6. The molecule has 1 rings (SSSR count). The molecule has 0 aromatic heterocycles. The summed E-state index contributed by atoms with van der Waals surface area (Å²) in [5.74, 6) is -0.149. The second-order valence-corrected chi connectivity index (χ2v) is 7.91. The molecule has 1 aromatic rings. The van der Waals surface area contributed by atoms with E-state index in [0.29, 0.717) is 12.2 Å². The number of carbonyl (C=O) groups is 1. The Labute approximate surface area is 139 Å². The molecule has 0 atom stereocenters. The van der Waals surface area contributed by atoms with Gasteiger partial charge in [-0.2, -0.15) is 0 Å². The molecule has 0 fully saturated rings. The van der Waals surface area contributed by atoms with Crippen molar-refractivity contribution in [1.82, 2.24) is 10.2 Å². The first kappa shape index (κ1) is 19.4. The molecule has 0 saturated heterocycles. The molecule has 1 amide bonds. The number of nitrogens with zero attached hydrogens (tertiary/aromatic N) is 2. The van der Waals surface area contributed by atoms with Gasteiger partial charge in [0.1, 0.15) is 0 Å². The highest BCUT2D eigenvalue weighted by Crippen LogP contribution is 2.21. The lowest BCUT2D eigenvalue weighted by atomic mass is 10.1. The van der Waals surface area contributed by atoms with E-state index in [9.17, 15) is 13.2 Å². The number of amides is 1. The minimum atomic E-state index is -3.43. The maximum Gasteiger partial charge on any atom is 0.232 e. The number of rotatable bonds is 8. The average Bonchev–Trinajstić information content (AvgIpc) is 2.41. The summed E-state index contributed by atoms with van der Waals surface area (Å²) in [7, 11) is 0.424. The lowest BCUT2D eigenvalue weighted by Gasteiger charge is -2.23. The van der Waals surface area contributed by atoms with E-state index in [-0.39, 0.29) is 18.9 Å². The summed E-state index contributed by atoms with van der Waals surface area (Å²) in [6.07, 6.45) is 1.29. The van der Waals surface area contributed by atoms with Crippen LogP contribution in [-0.2, 0) is 14.8 Å². The van der Waals surface area contributed by atoms with Crippen LogP contribution in [0.2, 0.25) is 0 Å². The van der Waals surface area contributed by atoms with Gasteiger partial charge in [-0.3, -0.25) is 9.10 Å². The first-order valence-corrected chi connectivity index (χ1v) is 9.42.